The second-order valence-electron chi connectivity index (χ2n) is 6.46. The van der Waals surface area contributed by atoms with Crippen molar-refractivity contribution in [3.05, 3.63) is 71.7 Å². The van der Waals surface area contributed by atoms with Gasteiger partial charge >= 0.3 is 0 Å². The number of halogens is 1. The molecule has 3 aromatic rings. The standard InChI is InChI=1S/C21H17FN.C2H6/c22-18-10-12-20-17(21(18)14-5-2-1-3-6-14)9-11-19-16-8-4-7-15(16)13-23(19)20;1-2/h1-3,5-6,9-12H,4,7-8,13H2;1-2H3/q+1;. The van der Waals surface area contributed by atoms with E-state index in [9.17, 15) is 4.39 Å². The van der Waals surface area contributed by atoms with E-state index in [0.717, 1.165) is 23.0 Å². The largest absolute Gasteiger partial charge is 0.214 e. The van der Waals surface area contributed by atoms with E-state index in [1.807, 2.05) is 50.2 Å². The fraction of sp³-hybridized carbons (Fsp3) is 0.261. The molecule has 0 fully saturated rings. The highest BCUT2D eigenvalue weighted by Crippen LogP contribution is 2.38. The van der Waals surface area contributed by atoms with Crippen molar-refractivity contribution >= 4 is 16.5 Å². The van der Waals surface area contributed by atoms with E-state index in [2.05, 4.69) is 16.7 Å². The van der Waals surface area contributed by atoms with Gasteiger partial charge in [-0.05, 0) is 37.0 Å². The van der Waals surface area contributed by atoms with Crippen molar-refractivity contribution in [1.29, 1.82) is 0 Å². The normalized spacial score (nSPS) is 15.0. The molecule has 2 heterocycles. The first-order valence-corrected chi connectivity index (χ1v) is 9.25. The molecule has 0 saturated heterocycles. The third-order valence-electron chi connectivity index (χ3n) is 5.21. The number of hydrogen-bond acceptors (Lipinski definition) is 0. The van der Waals surface area contributed by atoms with E-state index in [-0.39, 0.29) is 5.82 Å². The van der Waals surface area contributed by atoms with Gasteiger partial charge in [0, 0.05) is 28.8 Å². The van der Waals surface area contributed by atoms with Crippen molar-refractivity contribution in [1.82, 2.24) is 0 Å². The molecule has 126 valence electrons. The second kappa shape index (κ2) is 6.44. The van der Waals surface area contributed by atoms with Crippen LogP contribution in [-0.2, 0) is 6.54 Å². The van der Waals surface area contributed by atoms with Gasteiger partial charge in [0.15, 0.2) is 6.54 Å². The Kier molecular flexibility index (Phi) is 4.12. The van der Waals surface area contributed by atoms with Crippen LogP contribution in [-0.4, -0.2) is 0 Å². The fourth-order valence-electron chi connectivity index (χ4n) is 4.18. The maximum atomic E-state index is 14.6. The highest BCUT2D eigenvalue weighted by Gasteiger charge is 2.33. The molecule has 0 amide bonds. The maximum Gasteiger partial charge on any atom is 0.214 e. The van der Waals surface area contributed by atoms with Crippen molar-refractivity contribution in [2.75, 3.05) is 0 Å². The first kappa shape index (κ1) is 16.0. The molecule has 0 spiro atoms. The van der Waals surface area contributed by atoms with Gasteiger partial charge in [-0.1, -0.05) is 44.2 Å². The molecule has 0 N–H and O–H groups in total. The van der Waals surface area contributed by atoms with Gasteiger partial charge in [-0.25, -0.2) is 4.39 Å². The van der Waals surface area contributed by atoms with Crippen LogP contribution in [0, 0.1) is 5.82 Å². The lowest BCUT2D eigenvalue weighted by atomic mass is 9.99. The molecule has 2 heteroatoms. The number of pyridine rings is 1. The molecular formula is C23H23FN+. The Labute approximate surface area is 148 Å². The quantitative estimate of drug-likeness (QED) is 0.488. The zero-order valence-corrected chi connectivity index (χ0v) is 14.8. The Bertz CT molecular complexity index is 970. The molecule has 1 nitrogen and oxygen atoms in total. The summed E-state index contributed by atoms with van der Waals surface area (Å²) in [5.74, 6) is -0.150. The van der Waals surface area contributed by atoms with E-state index in [4.69, 9.17) is 0 Å². The number of nitrogens with zero attached hydrogens (tertiary/aromatic N) is 1. The molecular weight excluding hydrogens is 309 g/mol. The summed E-state index contributed by atoms with van der Waals surface area (Å²) in [6, 6.07) is 17.7. The van der Waals surface area contributed by atoms with Crippen molar-refractivity contribution in [2.45, 2.75) is 39.7 Å². The summed E-state index contributed by atoms with van der Waals surface area (Å²) in [5.41, 5.74) is 7.22. The van der Waals surface area contributed by atoms with Crippen LogP contribution >= 0.6 is 0 Å². The summed E-state index contributed by atoms with van der Waals surface area (Å²) < 4.78 is 16.9. The molecule has 5 rings (SSSR count). The molecule has 2 aliphatic rings. The smallest absolute Gasteiger partial charge is 0.206 e. The van der Waals surface area contributed by atoms with Crippen LogP contribution in [0.2, 0.25) is 0 Å². The predicted molar refractivity (Wildman–Crippen MR) is 102 cm³/mol. The molecule has 25 heavy (non-hydrogen) atoms. The lowest BCUT2D eigenvalue weighted by Gasteiger charge is -2.09. The Morgan fingerprint density at radius 3 is 2.48 bits per heavy atom. The molecule has 1 aromatic heterocycles. The van der Waals surface area contributed by atoms with Crippen molar-refractivity contribution < 1.29 is 8.96 Å². The number of fused-ring (bicyclic) bond motifs is 4. The average molecular weight is 332 g/mol. The molecule has 1 aliphatic heterocycles. The van der Waals surface area contributed by atoms with Gasteiger partial charge in [0.25, 0.3) is 0 Å². The predicted octanol–water partition coefficient (Wildman–Crippen LogP) is 5.91. The highest BCUT2D eigenvalue weighted by atomic mass is 19.1. The van der Waals surface area contributed by atoms with Crippen LogP contribution in [0.1, 0.15) is 38.8 Å². The van der Waals surface area contributed by atoms with Gasteiger partial charge in [0.1, 0.15) is 5.82 Å². The molecule has 0 radical (unpaired) electrons. The minimum Gasteiger partial charge on any atom is -0.206 e. The van der Waals surface area contributed by atoms with Gasteiger partial charge < -0.3 is 0 Å². The van der Waals surface area contributed by atoms with Gasteiger partial charge in [0.2, 0.25) is 11.2 Å². The summed E-state index contributed by atoms with van der Waals surface area (Å²) >= 11 is 0. The molecule has 1 aliphatic carbocycles. The van der Waals surface area contributed by atoms with Crippen molar-refractivity contribution in [3.63, 3.8) is 0 Å². The monoisotopic (exact) mass is 332 g/mol. The van der Waals surface area contributed by atoms with Gasteiger partial charge in [0.05, 0.1) is 5.39 Å². The minimum atomic E-state index is -0.150. The van der Waals surface area contributed by atoms with Crippen LogP contribution in [0.4, 0.5) is 4.39 Å². The SMILES string of the molecule is CC.Fc1ccc2c(ccc3[n+]2CC2=C3CCC2)c1-c1ccccc1. The summed E-state index contributed by atoms with van der Waals surface area (Å²) in [6.45, 7) is 4.97. The Balaban J connectivity index is 0.000000758. The van der Waals surface area contributed by atoms with Crippen LogP contribution in [0.15, 0.2) is 60.2 Å². The van der Waals surface area contributed by atoms with E-state index in [0.29, 0.717) is 5.56 Å². The van der Waals surface area contributed by atoms with Crippen LogP contribution < -0.4 is 4.57 Å². The molecule has 0 saturated carbocycles. The summed E-state index contributed by atoms with van der Waals surface area (Å²) in [7, 11) is 0. The van der Waals surface area contributed by atoms with Gasteiger partial charge in [-0.2, -0.15) is 4.57 Å². The Morgan fingerprint density at radius 1 is 0.880 bits per heavy atom. The van der Waals surface area contributed by atoms with E-state index in [1.165, 1.54) is 30.5 Å². The first-order chi connectivity index (χ1) is 12.3. The summed E-state index contributed by atoms with van der Waals surface area (Å²) in [5, 5.41) is 1.00. The molecule has 0 atom stereocenters. The highest BCUT2D eigenvalue weighted by molar-refractivity contribution is 5.94. The Hall–Kier alpha value is -2.48. The van der Waals surface area contributed by atoms with E-state index >= 15 is 0 Å². The summed E-state index contributed by atoms with van der Waals surface area (Å²) in [6.07, 6.45) is 3.68. The fourth-order valence-corrected chi connectivity index (χ4v) is 4.18. The average Bonchev–Trinajstić information content (AvgIpc) is 3.25. The van der Waals surface area contributed by atoms with Crippen LogP contribution in [0.5, 0.6) is 0 Å². The van der Waals surface area contributed by atoms with Gasteiger partial charge in [-0.3, -0.25) is 0 Å². The third-order valence-corrected chi connectivity index (χ3v) is 5.21. The van der Waals surface area contributed by atoms with Crippen molar-refractivity contribution in [3.8, 4) is 11.1 Å². The maximum absolute atomic E-state index is 14.6. The molecule has 2 aromatic carbocycles. The van der Waals surface area contributed by atoms with Gasteiger partial charge in [-0.15, -0.1) is 0 Å². The van der Waals surface area contributed by atoms with Crippen molar-refractivity contribution in [2.24, 2.45) is 0 Å². The zero-order chi connectivity index (χ0) is 17.4. The number of allylic oxidation sites excluding steroid dienone is 2. The topological polar surface area (TPSA) is 3.88 Å². The second-order valence-corrected chi connectivity index (χ2v) is 6.46. The molecule has 0 bridgehead atoms. The number of hydrogen-bond donors (Lipinski definition) is 0. The van der Waals surface area contributed by atoms with Crippen LogP contribution in [0.25, 0.3) is 27.6 Å². The summed E-state index contributed by atoms with van der Waals surface area (Å²) in [4.78, 5) is 0. The number of rotatable bonds is 1. The van der Waals surface area contributed by atoms with E-state index < -0.39 is 0 Å². The zero-order valence-electron chi connectivity index (χ0n) is 14.8. The number of benzene rings is 2. The lowest BCUT2D eigenvalue weighted by Crippen LogP contribution is -2.35. The number of aromatic nitrogens is 1. The van der Waals surface area contributed by atoms with Crippen LogP contribution in [0.3, 0.4) is 0 Å². The lowest BCUT2D eigenvalue weighted by molar-refractivity contribution is -0.660. The Morgan fingerprint density at radius 2 is 1.68 bits per heavy atom. The first-order valence-electron chi connectivity index (χ1n) is 9.25. The minimum absolute atomic E-state index is 0.150. The van der Waals surface area contributed by atoms with E-state index in [1.54, 1.807) is 11.6 Å². The third kappa shape index (κ3) is 2.48. The molecule has 0 unspecified atom stereocenters.